The maximum atomic E-state index is 9.23. The van der Waals surface area contributed by atoms with E-state index < -0.39 is 28.5 Å². The molecule has 5 nitrogen and oxygen atoms in total. The zero-order valence-corrected chi connectivity index (χ0v) is 8.33. The van der Waals surface area contributed by atoms with Gasteiger partial charge in [0.2, 0.25) is 0 Å². The normalized spacial score (nSPS) is 49.2. The molecule has 0 saturated carbocycles. The van der Waals surface area contributed by atoms with Crippen molar-refractivity contribution in [2.45, 2.75) is 28.5 Å². The van der Waals surface area contributed by atoms with Gasteiger partial charge in [0.15, 0.2) is 0 Å². The van der Waals surface area contributed by atoms with Gasteiger partial charge in [-0.1, -0.05) is 0 Å². The van der Waals surface area contributed by atoms with Gasteiger partial charge in [-0.15, -0.1) is 0 Å². The van der Waals surface area contributed by atoms with Gasteiger partial charge < -0.3 is 25.2 Å². The van der Waals surface area contributed by atoms with Crippen LogP contribution in [0.1, 0.15) is 0 Å². The number of ether oxygens (including phenoxy) is 1. The third kappa shape index (κ3) is 1.88. The van der Waals surface area contributed by atoms with Crippen LogP contribution in [-0.4, -0.2) is 55.6 Å². The van der Waals surface area contributed by atoms with Crippen molar-refractivity contribution >= 4 is 22.6 Å². The Hall–Kier alpha value is 0.530. The summed E-state index contributed by atoms with van der Waals surface area (Å²) in [5, 5.41) is 36.4. The molecule has 0 bridgehead atoms. The zero-order valence-electron chi connectivity index (χ0n) is 6.17. The predicted octanol–water partition coefficient (Wildman–Crippen LogP) is -1.78. The molecule has 1 aliphatic heterocycles. The summed E-state index contributed by atoms with van der Waals surface area (Å²) in [6.07, 6.45) is -4.40. The van der Waals surface area contributed by atoms with Crippen molar-refractivity contribution in [1.29, 1.82) is 0 Å². The lowest BCUT2D eigenvalue weighted by molar-refractivity contribution is -0.201. The average molecular weight is 290 g/mol. The minimum Gasteiger partial charge on any atom is -0.394 e. The Kier molecular flexibility index (Phi) is 3.68. The van der Waals surface area contributed by atoms with Gasteiger partial charge in [0.05, 0.1) is 6.61 Å². The Labute approximate surface area is 83.1 Å². The van der Waals surface area contributed by atoms with Crippen LogP contribution in [0.5, 0.6) is 0 Å². The molecule has 0 spiro atoms. The molecule has 6 heteroatoms. The molecule has 1 saturated heterocycles. The van der Waals surface area contributed by atoms with Crippen LogP contribution in [0.3, 0.4) is 0 Å². The minimum absolute atomic E-state index is 0.371. The molecule has 1 aliphatic rings. The first-order valence-corrected chi connectivity index (χ1v) is 4.77. The van der Waals surface area contributed by atoms with Gasteiger partial charge in [-0.05, 0) is 22.6 Å². The van der Waals surface area contributed by atoms with Crippen LogP contribution in [0.4, 0.5) is 0 Å². The van der Waals surface area contributed by atoms with Crippen LogP contribution < -0.4 is 0 Å². The second-order valence-electron chi connectivity index (χ2n) is 2.68. The smallest absolute Gasteiger partial charge is 0.137 e. The fourth-order valence-corrected chi connectivity index (χ4v) is 1.86. The van der Waals surface area contributed by atoms with Crippen LogP contribution in [0, 0.1) is 0 Å². The molecule has 0 aromatic heterocycles. The number of alkyl halides is 1. The zero-order chi connectivity index (χ0) is 9.30. The summed E-state index contributed by atoms with van der Waals surface area (Å²) in [6.45, 7) is -0.371. The molecule has 0 aromatic carbocycles. The van der Waals surface area contributed by atoms with Gasteiger partial charge in [0, 0.05) is 0 Å². The van der Waals surface area contributed by atoms with E-state index in [0.717, 1.165) is 0 Å². The van der Waals surface area contributed by atoms with Crippen LogP contribution in [0.2, 0.25) is 0 Å². The fourth-order valence-electron chi connectivity index (χ4n) is 1.06. The second-order valence-corrected chi connectivity index (χ2v) is 3.91. The summed E-state index contributed by atoms with van der Waals surface area (Å²) in [6, 6.07) is 0. The first-order valence-electron chi connectivity index (χ1n) is 3.52. The molecule has 12 heavy (non-hydrogen) atoms. The van der Waals surface area contributed by atoms with Gasteiger partial charge in [-0.2, -0.15) is 0 Å². The lowest BCUT2D eigenvalue weighted by Gasteiger charge is -2.37. The van der Waals surface area contributed by atoms with E-state index in [1.54, 1.807) is 22.6 Å². The second kappa shape index (κ2) is 4.16. The van der Waals surface area contributed by atoms with E-state index >= 15 is 0 Å². The Bertz CT molecular complexity index is 150. The molecule has 0 radical (unpaired) electrons. The molecule has 1 unspecified atom stereocenters. The Morgan fingerprint density at radius 2 is 1.67 bits per heavy atom. The number of rotatable bonds is 1. The average Bonchev–Trinajstić information content (AvgIpc) is 2.08. The molecular weight excluding hydrogens is 279 g/mol. The van der Waals surface area contributed by atoms with Crippen LogP contribution in [0.15, 0.2) is 0 Å². The Balaban J connectivity index is 2.63. The monoisotopic (exact) mass is 290 g/mol. The molecule has 0 aromatic rings. The van der Waals surface area contributed by atoms with Crippen molar-refractivity contribution in [2.24, 2.45) is 0 Å². The molecule has 1 fully saturated rings. The molecule has 1 heterocycles. The highest BCUT2D eigenvalue weighted by Crippen LogP contribution is 2.24. The molecule has 0 amide bonds. The van der Waals surface area contributed by atoms with Crippen molar-refractivity contribution in [1.82, 2.24) is 0 Å². The third-order valence-corrected chi connectivity index (χ3v) is 2.86. The number of halogens is 1. The topological polar surface area (TPSA) is 90.2 Å². The Morgan fingerprint density at radius 1 is 1.08 bits per heavy atom. The van der Waals surface area contributed by atoms with E-state index in [2.05, 4.69) is 0 Å². The lowest BCUT2D eigenvalue weighted by Crippen LogP contribution is -2.56. The highest BCUT2D eigenvalue weighted by Gasteiger charge is 2.42. The third-order valence-electron chi connectivity index (χ3n) is 1.83. The first kappa shape index (κ1) is 10.6. The van der Waals surface area contributed by atoms with E-state index in [1.165, 1.54) is 0 Å². The van der Waals surface area contributed by atoms with E-state index in [-0.39, 0.29) is 6.61 Å². The maximum Gasteiger partial charge on any atom is 0.137 e. The molecule has 1 rings (SSSR count). The SMILES string of the molecule is OC[C@@H]1OC(I)[C@@H](O)[C@H](O)[C@H]1O. The number of aliphatic hydroxyl groups is 4. The van der Waals surface area contributed by atoms with Crippen LogP contribution in [0.25, 0.3) is 0 Å². The lowest BCUT2D eigenvalue weighted by atomic mass is 10.0. The van der Waals surface area contributed by atoms with Gasteiger partial charge in [-0.3, -0.25) is 0 Å². The molecule has 5 atom stereocenters. The van der Waals surface area contributed by atoms with Crippen LogP contribution in [-0.2, 0) is 4.74 Å². The number of hydrogen-bond acceptors (Lipinski definition) is 5. The summed E-state index contributed by atoms with van der Waals surface area (Å²) in [7, 11) is 0. The predicted molar refractivity (Wildman–Crippen MR) is 47.8 cm³/mol. The van der Waals surface area contributed by atoms with Gasteiger partial charge in [0.1, 0.15) is 28.5 Å². The van der Waals surface area contributed by atoms with Crippen molar-refractivity contribution in [3.05, 3.63) is 0 Å². The summed E-state index contributed by atoms with van der Waals surface area (Å²) < 4.78 is 4.41. The Morgan fingerprint density at radius 3 is 2.17 bits per heavy atom. The van der Waals surface area contributed by atoms with Crippen molar-refractivity contribution < 1.29 is 25.2 Å². The molecule has 72 valence electrons. The molecular formula is C6H11IO5. The minimum atomic E-state index is -1.25. The van der Waals surface area contributed by atoms with E-state index in [1.807, 2.05) is 0 Å². The highest BCUT2D eigenvalue weighted by molar-refractivity contribution is 14.1. The van der Waals surface area contributed by atoms with E-state index in [0.29, 0.717) is 0 Å². The van der Waals surface area contributed by atoms with Crippen LogP contribution >= 0.6 is 22.6 Å². The summed E-state index contributed by atoms with van der Waals surface area (Å²) >= 11 is 1.79. The maximum absolute atomic E-state index is 9.23. The molecule has 4 N–H and O–H groups in total. The van der Waals surface area contributed by atoms with Crippen molar-refractivity contribution in [2.75, 3.05) is 6.61 Å². The first-order chi connectivity index (χ1) is 5.57. The van der Waals surface area contributed by atoms with Crippen molar-refractivity contribution in [3.63, 3.8) is 0 Å². The standard InChI is InChI=1S/C6H11IO5/c7-6-5(11)4(10)3(9)2(1-8)12-6/h2-6,8-11H,1H2/t2-,3-,4+,5-,6?/m0/s1. The van der Waals surface area contributed by atoms with E-state index in [9.17, 15) is 15.3 Å². The van der Waals surface area contributed by atoms with E-state index in [4.69, 9.17) is 9.84 Å². The number of hydrogen-bond donors (Lipinski definition) is 4. The molecule has 0 aliphatic carbocycles. The highest BCUT2D eigenvalue weighted by atomic mass is 127. The van der Waals surface area contributed by atoms with Gasteiger partial charge in [-0.25, -0.2) is 0 Å². The van der Waals surface area contributed by atoms with Gasteiger partial charge in [0.25, 0.3) is 0 Å². The quantitative estimate of drug-likeness (QED) is 0.339. The van der Waals surface area contributed by atoms with Gasteiger partial charge >= 0.3 is 0 Å². The summed E-state index contributed by atoms with van der Waals surface area (Å²) in [4.78, 5) is 0. The summed E-state index contributed by atoms with van der Waals surface area (Å²) in [5.74, 6) is 0. The number of aliphatic hydroxyl groups excluding tert-OH is 4. The van der Waals surface area contributed by atoms with Crippen molar-refractivity contribution in [3.8, 4) is 0 Å². The largest absolute Gasteiger partial charge is 0.394 e. The summed E-state index contributed by atoms with van der Waals surface area (Å²) in [5.41, 5.74) is 0. The fraction of sp³-hybridized carbons (Fsp3) is 1.00.